The molecule has 1 aliphatic heterocycles. The summed E-state index contributed by atoms with van der Waals surface area (Å²) in [4.78, 5) is 12.2. The maximum atomic E-state index is 12.2. The molecule has 0 spiro atoms. The van der Waals surface area contributed by atoms with Crippen LogP contribution in [0.25, 0.3) is 0 Å². The summed E-state index contributed by atoms with van der Waals surface area (Å²) >= 11 is 1.95. The van der Waals surface area contributed by atoms with Crippen molar-refractivity contribution >= 4 is 23.4 Å². The van der Waals surface area contributed by atoms with E-state index < -0.39 is 0 Å². The number of nitrogens with zero attached hydrogens (tertiary/aromatic N) is 2. The van der Waals surface area contributed by atoms with Crippen LogP contribution in [0.15, 0.2) is 0 Å². The Hall–Kier alpha value is -1.17. The van der Waals surface area contributed by atoms with E-state index in [0.29, 0.717) is 23.8 Å². The third kappa shape index (κ3) is 2.63. The van der Waals surface area contributed by atoms with Crippen LogP contribution < -0.4 is 11.1 Å². The SMILES string of the molecule is CCn1nc(C)c(N)c1C(=O)NCC1CCSC1. The van der Waals surface area contributed by atoms with E-state index in [1.54, 1.807) is 4.68 Å². The zero-order valence-corrected chi connectivity index (χ0v) is 11.7. The molecule has 1 saturated heterocycles. The molecule has 2 rings (SSSR count). The molecule has 1 aromatic heterocycles. The molecule has 1 fully saturated rings. The van der Waals surface area contributed by atoms with E-state index in [0.717, 1.165) is 18.0 Å². The molecule has 5 nitrogen and oxygen atoms in total. The molecule has 1 aliphatic rings. The Balaban J connectivity index is 2.03. The van der Waals surface area contributed by atoms with Gasteiger partial charge in [0.1, 0.15) is 5.69 Å². The first-order valence-electron chi connectivity index (χ1n) is 6.32. The molecule has 1 unspecified atom stereocenters. The van der Waals surface area contributed by atoms with Crippen LogP contribution in [0.1, 0.15) is 29.5 Å². The zero-order valence-electron chi connectivity index (χ0n) is 10.9. The molecular formula is C12H20N4OS. The second-order valence-corrected chi connectivity index (χ2v) is 5.75. The lowest BCUT2D eigenvalue weighted by Gasteiger charge is -2.11. The highest BCUT2D eigenvalue weighted by Crippen LogP contribution is 2.23. The van der Waals surface area contributed by atoms with Gasteiger partial charge in [0.25, 0.3) is 5.91 Å². The number of hydrogen-bond acceptors (Lipinski definition) is 4. The first-order valence-corrected chi connectivity index (χ1v) is 7.47. The quantitative estimate of drug-likeness (QED) is 0.862. The largest absolute Gasteiger partial charge is 0.395 e. The van der Waals surface area contributed by atoms with Gasteiger partial charge >= 0.3 is 0 Å². The van der Waals surface area contributed by atoms with Crippen LogP contribution in [0.4, 0.5) is 5.69 Å². The van der Waals surface area contributed by atoms with Crippen LogP contribution in [0, 0.1) is 12.8 Å². The van der Waals surface area contributed by atoms with Crippen molar-refractivity contribution in [3.05, 3.63) is 11.4 Å². The summed E-state index contributed by atoms with van der Waals surface area (Å²) in [5, 5.41) is 7.23. The molecule has 0 aliphatic carbocycles. The van der Waals surface area contributed by atoms with Crippen molar-refractivity contribution in [3.8, 4) is 0 Å². The Labute approximate surface area is 111 Å². The van der Waals surface area contributed by atoms with E-state index >= 15 is 0 Å². The number of aryl methyl sites for hydroxylation is 2. The lowest BCUT2D eigenvalue weighted by atomic mass is 10.1. The molecule has 100 valence electrons. The summed E-state index contributed by atoms with van der Waals surface area (Å²) in [5.41, 5.74) is 7.63. The van der Waals surface area contributed by atoms with E-state index in [2.05, 4.69) is 10.4 Å². The molecule has 0 saturated carbocycles. The summed E-state index contributed by atoms with van der Waals surface area (Å²) in [6, 6.07) is 0. The zero-order chi connectivity index (χ0) is 13.1. The van der Waals surface area contributed by atoms with E-state index in [1.165, 1.54) is 12.2 Å². The number of nitrogens with two attached hydrogens (primary N) is 1. The van der Waals surface area contributed by atoms with Gasteiger partial charge in [-0.3, -0.25) is 9.48 Å². The summed E-state index contributed by atoms with van der Waals surface area (Å²) < 4.78 is 1.67. The topological polar surface area (TPSA) is 72.9 Å². The molecule has 0 radical (unpaired) electrons. The highest BCUT2D eigenvalue weighted by atomic mass is 32.2. The normalized spacial score (nSPS) is 19.1. The standard InChI is InChI=1S/C12H20N4OS/c1-3-16-11(10(13)8(2)15-16)12(17)14-6-9-4-5-18-7-9/h9H,3-7,13H2,1-2H3,(H,14,17). The molecule has 1 atom stereocenters. The number of carbonyl (C=O) groups excluding carboxylic acids is 1. The van der Waals surface area contributed by atoms with Crippen molar-refractivity contribution < 1.29 is 4.79 Å². The molecule has 1 amide bonds. The molecule has 6 heteroatoms. The number of hydrogen-bond donors (Lipinski definition) is 2. The number of thioether (sulfide) groups is 1. The highest BCUT2D eigenvalue weighted by Gasteiger charge is 2.21. The smallest absolute Gasteiger partial charge is 0.271 e. The van der Waals surface area contributed by atoms with E-state index in [4.69, 9.17) is 5.73 Å². The number of anilines is 1. The van der Waals surface area contributed by atoms with Crippen molar-refractivity contribution in [2.24, 2.45) is 5.92 Å². The predicted octanol–water partition coefficient (Wildman–Crippen LogP) is 1.28. The number of aromatic nitrogens is 2. The molecule has 1 aromatic rings. The number of rotatable bonds is 4. The molecule has 2 heterocycles. The summed E-state index contributed by atoms with van der Waals surface area (Å²) in [7, 11) is 0. The highest BCUT2D eigenvalue weighted by molar-refractivity contribution is 7.99. The molecular weight excluding hydrogens is 248 g/mol. The van der Waals surface area contributed by atoms with E-state index in [9.17, 15) is 4.79 Å². The van der Waals surface area contributed by atoms with Crippen LogP contribution >= 0.6 is 11.8 Å². The Bertz CT molecular complexity index is 438. The Morgan fingerprint density at radius 2 is 2.44 bits per heavy atom. The van der Waals surface area contributed by atoms with E-state index in [1.807, 2.05) is 25.6 Å². The van der Waals surface area contributed by atoms with Crippen LogP contribution in [0.3, 0.4) is 0 Å². The van der Waals surface area contributed by atoms with Crippen LogP contribution in [0.5, 0.6) is 0 Å². The predicted molar refractivity (Wildman–Crippen MR) is 74.8 cm³/mol. The van der Waals surface area contributed by atoms with Crippen molar-refractivity contribution in [1.29, 1.82) is 0 Å². The summed E-state index contributed by atoms with van der Waals surface area (Å²) in [6.07, 6.45) is 1.19. The Morgan fingerprint density at radius 3 is 3.06 bits per heavy atom. The van der Waals surface area contributed by atoms with Crippen molar-refractivity contribution in [1.82, 2.24) is 15.1 Å². The lowest BCUT2D eigenvalue weighted by molar-refractivity contribution is 0.0939. The fourth-order valence-electron chi connectivity index (χ4n) is 2.13. The first kappa shape index (κ1) is 13.3. The van der Waals surface area contributed by atoms with Gasteiger partial charge < -0.3 is 11.1 Å². The van der Waals surface area contributed by atoms with Gasteiger partial charge in [-0.05, 0) is 37.7 Å². The van der Waals surface area contributed by atoms with Gasteiger partial charge in [0.05, 0.1) is 11.4 Å². The summed E-state index contributed by atoms with van der Waals surface area (Å²) in [6.45, 7) is 5.17. The lowest BCUT2D eigenvalue weighted by Crippen LogP contribution is -2.31. The van der Waals surface area contributed by atoms with Gasteiger partial charge in [0.2, 0.25) is 0 Å². The minimum atomic E-state index is -0.105. The number of nitrogen functional groups attached to an aromatic ring is 1. The van der Waals surface area contributed by atoms with Crippen LogP contribution in [-0.4, -0.2) is 33.7 Å². The first-order chi connectivity index (χ1) is 8.63. The Kier molecular flexibility index (Phi) is 4.16. The second kappa shape index (κ2) is 5.65. The average Bonchev–Trinajstić information content (AvgIpc) is 2.96. The minimum absolute atomic E-state index is 0.105. The van der Waals surface area contributed by atoms with Crippen molar-refractivity contribution in [2.75, 3.05) is 23.8 Å². The number of amides is 1. The van der Waals surface area contributed by atoms with Crippen LogP contribution in [0.2, 0.25) is 0 Å². The van der Waals surface area contributed by atoms with Gasteiger partial charge in [-0.25, -0.2) is 0 Å². The molecule has 18 heavy (non-hydrogen) atoms. The van der Waals surface area contributed by atoms with Gasteiger partial charge in [-0.15, -0.1) is 0 Å². The molecule has 3 N–H and O–H groups in total. The average molecular weight is 268 g/mol. The molecule has 0 aromatic carbocycles. The third-order valence-corrected chi connectivity index (χ3v) is 4.50. The third-order valence-electron chi connectivity index (χ3n) is 3.26. The second-order valence-electron chi connectivity index (χ2n) is 4.60. The Morgan fingerprint density at radius 1 is 1.67 bits per heavy atom. The van der Waals surface area contributed by atoms with Gasteiger partial charge in [0.15, 0.2) is 0 Å². The maximum absolute atomic E-state index is 12.2. The number of nitrogens with one attached hydrogen (secondary N) is 1. The van der Waals surface area contributed by atoms with Gasteiger partial charge in [0, 0.05) is 13.1 Å². The fourth-order valence-corrected chi connectivity index (χ4v) is 3.41. The van der Waals surface area contributed by atoms with Crippen molar-refractivity contribution in [3.63, 3.8) is 0 Å². The number of carbonyl (C=O) groups is 1. The summed E-state index contributed by atoms with van der Waals surface area (Å²) in [5.74, 6) is 2.84. The fraction of sp³-hybridized carbons (Fsp3) is 0.667. The van der Waals surface area contributed by atoms with Crippen molar-refractivity contribution in [2.45, 2.75) is 26.8 Å². The minimum Gasteiger partial charge on any atom is -0.395 e. The van der Waals surface area contributed by atoms with Gasteiger partial charge in [-0.1, -0.05) is 0 Å². The van der Waals surface area contributed by atoms with Crippen LogP contribution in [-0.2, 0) is 6.54 Å². The van der Waals surface area contributed by atoms with Gasteiger partial charge in [-0.2, -0.15) is 16.9 Å². The monoisotopic (exact) mass is 268 g/mol. The van der Waals surface area contributed by atoms with E-state index in [-0.39, 0.29) is 5.91 Å². The molecule has 0 bridgehead atoms. The maximum Gasteiger partial charge on any atom is 0.271 e.